The van der Waals surface area contributed by atoms with Crippen LogP contribution in [-0.4, -0.2) is 488 Å². The molecule has 4 heterocycles. The average Bonchev–Trinajstić information content (AvgIpc) is 0.795. The zero-order chi connectivity index (χ0) is 97.4. The number of morpholine rings is 2. The third kappa shape index (κ3) is 73.1. The lowest BCUT2D eigenvalue weighted by molar-refractivity contribution is -0.924. The van der Waals surface area contributed by atoms with Gasteiger partial charge in [-0.1, -0.05) is 49.9 Å². The van der Waals surface area contributed by atoms with Crippen LogP contribution in [-0.2, 0) is 58.4 Å². The maximum absolute atomic E-state index is 12.5. The summed E-state index contributed by atoms with van der Waals surface area (Å²) in [6.07, 6.45) is 35.3. The highest BCUT2D eigenvalue weighted by Crippen LogP contribution is 2.35. The summed E-state index contributed by atoms with van der Waals surface area (Å²) in [5.74, 6) is 11.3. The molecule has 122 heavy (non-hydrogen) atoms. The van der Waals surface area contributed by atoms with Crippen LogP contribution in [0.2, 0.25) is 0 Å². The first-order valence-corrected chi connectivity index (χ1v) is 47.2. The summed E-state index contributed by atoms with van der Waals surface area (Å²) in [6, 6.07) is 1.48. The number of quaternary nitrogens is 11. The molecule has 4 aliphatic rings. The number of carbonyl (C=O) groups is 2. The van der Waals surface area contributed by atoms with Gasteiger partial charge in [-0.15, -0.1) is 38.5 Å². The first kappa shape index (κ1) is 130. The van der Waals surface area contributed by atoms with Crippen molar-refractivity contribution >= 4 is 57.6 Å². The van der Waals surface area contributed by atoms with Crippen LogP contribution in [0, 0.1) is 74.1 Å². The summed E-state index contributed by atoms with van der Waals surface area (Å²) >= 11 is 3.30. The number of carbonyl (C=O) groups excluding carboxylic acids is 2. The smallest absolute Gasteiger partial charge is 0.391 e. The topological polar surface area (TPSA) is 258 Å². The number of rotatable bonds is 33. The fourth-order valence-electron chi connectivity index (χ4n) is 11.4. The predicted octanol–water partition coefficient (Wildman–Crippen LogP) is 3.82. The van der Waals surface area contributed by atoms with Gasteiger partial charge in [-0.2, -0.15) is 22.0 Å². The summed E-state index contributed by atoms with van der Waals surface area (Å²) < 4.78 is 158. The number of nitrogens with zero attached hydrogens (tertiary/aromatic N) is 11. The lowest BCUT2D eigenvalue weighted by Gasteiger charge is -2.42. The second-order valence-electron chi connectivity index (χ2n) is 37.2. The van der Waals surface area contributed by atoms with Crippen LogP contribution >= 0.6 is 15.9 Å². The summed E-state index contributed by atoms with van der Waals surface area (Å²) in [7, 11) is 29.9. The number of aliphatic hydroxyl groups is 3. The zero-order valence-corrected chi connectivity index (χ0v) is 84.1. The SMILES string of the molecule is C#CC[N+](C)(C)CC(=C)Br.C#CC[N+](C)(C)CC(=O)NS(C)(=O)=O.C#CC[N+](C)(C)CC=C.C#CC[N+](C)(C)CCC(=O)NS(C)(=O)=O.C#CC[N+](C)(C)CCS(C)(=O)=O.C#CC[N+]1(CF)CC[C@@H](O)C1.CCC1COCC[N+]1(C)C.CCC[N+](C)(C)C1COC1.CCC[N+](C)(C)COC.CC[N+](C)(CF)CCO.C[N+]1(C)CCOC(O)(C(F)(F)F)C1. The Morgan fingerprint density at radius 2 is 1.10 bits per heavy atom. The number of sulfonamides is 2. The highest BCUT2D eigenvalue weighted by molar-refractivity contribution is 9.11. The second kappa shape index (κ2) is 62.3. The van der Waals surface area contributed by atoms with Crippen molar-refractivity contribution in [2.45, 2.75) is 90.0 Å². The molecule has 0 radical (unpaired) electrons. The molecule has 5 atom stereocenters. The van der Waals surface area contributed by atoms with E-state index >= 15 is 0 Å². The van der Waals surface area contributed by atoms with E-state index in [2.05, 4.69) is 161 Å². The molecule has 0 aromatic carbocycles. The highest BCUT2D eigenvalue weighted by atomic mass is 79.9. The van der Waals surface area contributed by atoms with Crippen molar-refractivity contribution in [3.8, 4) is 74.1 Å². The number of likely N-dealkylation sites (tertiary alicyclic amines) is 1. The van der Waals surface area contributed by atoms with Gasteiger partial charge in [0.1, 0.15) is 110 Å². The lowest BCUT2D eigenvalue weighted by atomic mass is 10.1. The van der Waals surface area contributed by atoms with E-state index in [1.54, 1.807) is 42.3 Å². The molecule has 714 valence electrons. The molecular formula is C85H170BrF5N13O15S3+11. The maximum atomic E-state index is 12.5. The summed E-state index contributed by atoms with van der Waals surface area (Å²) in [6.45, 7) is 32.0. The summed E-state index contributed by atoms with van der Waals surface area (Å²) in [4.78, 5) is 22.3. The molecule has 4 rings (SSSR count). The molecular weight excluding hydrogens is 1710 g/mol. The summed E-state index contributed by atoms with van der Waals surface area (Å²) in [5.41, 5.74) is 0. The molecule has 5 N–H and O–H groups in total. The minimum atomic E-state index is -4.72. The number of hydrogen-bond acceptors (Lipinski definition) is 15. The first-order valence-electron chi connectivity index (χ1n) is 40.5. The third-order valence-electron chi connectivity index (χ3n) is 19.3. The van der Waals surface area contributed by atoms with Crippen LogP contribution in [0.3, 0.4) is 0 Å². The number of nitrogens with one attached hydrogen (secondary N) is 2. The minimum Gasteiger partial charge on any atom is -0.391 e. The molecule has 4 fully saturated rings. The normalized spacial score (nSPS) is 19.2. The Morgan fingerprint density at radius 1 is 0.639 bits per heavy atom. The largest absolute Gasteiger partial charge is 0.449 e. The van der Waals surface area contributed by atoms with E-state index in [-0.39, 0.29) is 51.5 Å². The van der Waals surface area contributed by atoms with Crippen LogP contribution in [0.15, 0.2) is 23.7 Å². The zero-order valence-electron chi connectivity index (χ0n) is 80.1. The number of methoxy groups -OCH3 is 1. The molecule has 28 nitrogen and oxygen atoms in total. The van der Waals surface area contributed by atoms with Gasteiger partial charge < -0.3 is 74.6 Å². The van der Waals surface area contributed by atoms with Crippen molar-refractivity contribution in [1.82, 2.24) is 9.44 Å². The Balaban J connectivity index is -0.000000239. The number of hydrogen-bond donors (Lipinski definition) is 5. The van der Waals surface area contributed by atoms with Crippen LogP contribution < -0.4 is 9.44 Å². The predicted molar refractivity (Wildman–Crippen MR) is 489 cm³/mol. The van der Waals surface area contributed by atoms with E-state index in [9.17, 15) is 67.0 Å². The molecule has 4 unspecified atom stereocenters. The van der Waals surface area contributed by atoms with Gasteiger partial charge in [0.2, 0.25) is 39.6 Å². The van der Waals surface area contributed by atoms with Crippen molar-refractivity contribution in [3.63, 3.8) is 0 Å². The second-order valence-corrected chi connectivity index (χ2v) is 44.1. The number of likely N-dealkylation sites (N-methyl/N-ethyl adjacent to an activating group) is 7. The van der Waals surface area contributed by atoms with Gasteiger partial charge in [0.05, 0.1) is 231 Å². The first-order chi connectivity index (χ1) is 55.2. The van der Waals surface area contributed by atoms with Crippen LogP contribution in [0.5, 0.6) is 0 Å². The van der Waals surface area contributed by atoms with E-state index < -0.39 is 73.8 Å². The van der Waals surface area contributed by atoms with Crippen LogP contribution in [0.25, 0.3) is 0 Å². The van der Waals surface area contributed by atoms with Gasteiger partial charge in [0.15, 0.2) is 23.1 Å². The number of halogens is 6. The minimum absolute atomic E-state index is 0.0390. The lowest BCUT2D eigenvalue weighted by Crippen LogP contribution is -2.65. The Morgan fingerprint density at radius 3 is 1.41 bits per heavy atom. The van der Waals surface area contributed by atoms with Gasteiger partial charge in [0.25, 0.3) is 5.91 Å². The molecule has 2 amide bonds. The number of terminal acetylenes is 6. The summed E-state index contributed by atoms with van der Waals surface area (Å²) in [5, 5.41) is 26.8. The van der Waals surface area contributed by atoms with Gasteiger partial charge in [-0.05, 0) is 67.8 Å². The van der Waals surface area contributed by atoms with E-state index in [1.165, 1.54) is 45.2 Å². The van der Waals surface area contributed by atoms with Crippen molar-refractivity contribution in [2.75, 3.05) is 356 Å². The monoisotopic (exact) mass is 1880 g/mol. The molecule has 0 saturated carbocycles. The molecule has 4 saturated heterocycles. The molecule has 4 aliphatic heterocycles. The number of alkyl halides is 5. The number of sulfone groups is 1. The Hall–Kier alpha value is -4.96. The molecule has 0 aromatic heterocycles. The number of aliphatic hydroxyl groups excluding tert-OH is 2. The number of amides is 2. The molecule has 37 heteroatoms. The third-order valence-corrected chi connectivity index (χ3v) is 21.7. The fraction of sp³-hybridized carbons (Fsp3) is 0.788. The van der Waals surface area contributed by atoms with Crippen LogP contribution in [0.1, 0.15) is 59.8 Å². The van der Waals surface area contributed by atoms with Crippen molar-refractivity contribution in [1.29, 1.82) is 0 Å². The molecule has 0 aliphatic carbocycles. The van der Waals surface area contributed by atoms with Gasteiger partial charge >= 0.3 is 12.0 Å². The van der Waals surface area contributed by atoms with E-state index in [1.807, 2.05) is 50.6 Å². The Bertz CT molecular complexity index is 3570. The molecule has 0 aromatic rings. The Kier molecular flexibility index (Phi) is 66.4. The van der Waals surface area contributed by atoms with E-state index in [0.29, 0.717) is 91.4 Å². The highest BCUT2D eigenvalue weighted by Gasteiger charge is 2.61. The van der Waals surface area contributed by atoms with Gasteiger partial charge in [0, 0.05) is 24.3 Å². The standard InChI is InChI=1S/C9H16N2O3S.C8H13BrN.C8H13FNO.C8H14N2O3S.C8H16NO2S.2C8H18NO.C8H14N.C7H13F3NO2.C7H18NO.C6H15FNO/c1-5-7-11(2,3)8-6-9(12)10-15(4,13)14;1-5-6-10(3,4)7-8(2)9;1-2-4-10(7-9)5-3-8(11)6-10;1-5-6-10(2,3)7-8(11)9-14(4,12)13;1-5-6-9(2,3)7-8-12(4,10)11;1-4-8-7-10-6-5-9(8,2)3;1-4-5-9(2,3)8-6-10-7-8;1-5-7-9(3,4)8-6-2;1-11(2)3-4-13-6(12,5-11)7(8,9)10;1-5-6-8(2,3)7-9-4;1-3-8(2,6-7)4-5-9/h1H,6-8H2,2-4H3;1H,2,6-7H2,3-4H3;1,8,11H,3-7H2;1H,6-7H2,2-4H3;1H,6-8H2,2-4H3;2*8H,4-7H2,1-3H3;1,6H,2,7-8H2,3-4H3;12H,3-5H2,1-2H3;5-7H2,1-4H3;9H,3-6H2,1-2H3/q;2*+1;;7*+1/p+2/t;;8-,10?;;;;;;;;/m..1......../s1. The van der Waals surface area contributed by atoms with Gasteiger partial charge in [-0.25, -0.2) is 30.0 Å². The number of ether oxygens (including phenoxy) is 4. The van der Waals surface area contributed by atoms with Crippen molar-refractivity contribution in [3.05, 3.63) is 23.7 Å². The molecule has 0 bridgehead atoms. The van der Waals surface area contributed by atoms with Crippen molar-refractivity contribution in [2.24, 2.45) is 0 Å². The van der Waals surface area contributed by atoms with E-state index in [4.69, 9.17) is 57.9 Å². The maximum Gasteiger partial charge on any atom is 0.449 e. The van der Waals surface area contributed by atoms with E-state index in [0.717, 1.165) is 111 Å². The quantitative estimate of drug-likeness (QED) is 0.0156. The fourth-order valence-corrected chi connectivity index (χ4v) is 13.9. The van der Waals surface area contributed by atoms with Crippen molar-refractivity contribution < 1.29 is 140 Å². The average molecular weight is 1890 g/mol. The van der Waals surface area contributed by atoms with Gasteiger partial charge in [-0.3, -0.25) is 23.3 Å². The molecule has 0 spiro atoms. The Labute approximate surface area is 747 Å². The van der Waals surface area contributed by atoms with Crippen LogP contribution in [0.4, 0.5) is 22.0 Å².